The Labute approximate surface area is 94.7 Å². The molecule has 1 heterocycles. The van der Waals surface area contributed by atoms with E-state index in [1.54, 1.807) is 6.07 Å². The lowest BCUT2D eigenvalue weighted by Crippen LogP contribution is -1.96. The SMILES string of the molecule is O=C(O)c1cn(-c2ccc(Cl)cc2O)nn1. The number of rotatable bonds is 2. The minimum Gasteiger partial charge on any atom is -0.506 e. The van der Waals surface area contributed by atoms with Crippen LogP contribution in [0.25, 0.3) is 5.69 Å². The Hall–Kier alpha value is -2.08. The number of aromatic hydroxyl groups is 1. The molecular formula is C9H6ClN3O3. The molecule has 0 aliphatic rings. The van der Waals surface area contributed by atoms with Gasteiger partial charge in [-0.25, -0.2) is 9.48 Å². The zero-order valence-corrected chi connectivity index (χ0v) is 8.59. The van der Waals surface area contributed by atoms with Gasteiger partial charge in [0.1, 0.15) is 11.4 Å². The Bertz CT molecular complexity index is 553. The molecule has 1 aromatic carbocycles. The van der Waals surface area contributed by atoms with Gasteiger partial charge in [-0.05, 0) is 12.1 Å². The summed E-state index contributed by atoms with van der Waals surface area (Å²) in [5.41, 5.74) is 0.110. The van der Waals surface area contributed by atoms with Gasteiger partial charge < -0.3 is 10.2 Å². The molecule has 16 heavy (non-hydrogen) atoms. The molecule has 0 unspecified atom stereocenters. The molecule has 2 rings (SSSR count). The molecule has 6 nitrogen and oxygen atoms in total. The Kier molecular flexibility index (Phi) is 2.49. The quantitative estimate of drug-likeness (QED) is 0.825. The highest BCUT2D eigenvalue weighted by atomic mass is 35.5. The number of aromatic carboxylic acids is 1. The number of nitrogens with zero attached hydrogens (tertiary/aromatic N) is 3. The molecule has 82 valence electrons. The highest BCUT2D eigenvalue weighted by Crippen LogP contribution is 2.24. The highest BCUT2D eigenvalue weighted by molar-refractivity contribution is 6.30. The van der Waals surface area contributed by atoms with Crippen molar-refractivity contribution in [3.05, 3.63) is 35.1 Å². The second-order valence-electron chi connectivity index (χ2n) is 2.99. The van der Waals surface area contributed by atoms with E-state index in [1.807, 2.05) is 0 Å². The van der Waals surface area contributed by atoms with E-state index in [0.29, 0.717) is 10.7 Å². The molecule has 0 saturated carbocycles. The molecule has 0 radical (unpaired) electrons. The van der Waals surface area contributed by atoms with Crippen LogP contribution < -0.4 is 0 Å². The number of hydrogen-bond donors (Lipinski definition) is 2. The first-order chi connectivity index (χ1) is 7.58. The minimum atomic E-state index is -1.18. The normalized spacial score (nSPS) is 10.3. The molecule has 0 saturated heterocycles. The monoisotopic (exact) mass is 239 g/mol. The topological polar surface area (TPSA) is 88.2 Å². The number of carboxylic acids is 1. The van der Waals surface area contributed by atoms with Crippen LogP contribution in [0, 0.1) is 0 Å². The van der Waals surface area contributed by atoms with Crippen molar-refractivity contribution in [2.24, 2.45) is 0 Å². The number of hydrogen-bond acceptors (Lipinski definition) is 4. The molecule has 0 amide bonds. The van der Waals surface area contributed by atoms with E-state index >= 15 is 0 Å². The van der Waals surface area contributed by atoms with Gasteiger partial charge in [0, 0.05) is 11.1 Å². The third-order valence-electron chi connectivity index (χ3n) is 1.90. The molecule has 0 aliphatic heterocycles. The van der Waals surface area contributed by atoms with Crippen LogP contribution in [0.4, 0.5) is 0 Å². The zero-order chi connectivity index (χ0) is 11.7. The predicted octanol–water partition coefficient (Wildman–Crippen LogP) is 1.32. The lowest BCUT2D eigenvalue weighted by atomic mass is 10.3. The fraction of sp³-hybridized carbons (Fsp3) is 0. The van der Waals surface area contributed by atoms with Gasteiger partial charge in [-0.15, -0.1) is 5.10 Å². The van der Waals surface area contributed by atoms with Crippen molar-refractivity contribution in [2.75, 3.05) is 0 Å². The number of halogens is 1. The smallest absolute Gasteiger partial charge is 0.358 e. The molecule has 0 aliphatic carbocycles. The summed E-state index contributed by atoms with van der Waals surface area (Å²) < 4.78 is 1.16. The van der Waals surface area contributed by atoms with Gasteiger partial charge in [0.2, 0.25) is 0 Å². The number of benzene rings is 1. The van der Waals surface area contributed by atoms with Crippen LogP contribution in [0.5, 0.6) is 5.75 Å². The van der Waals surface area contributed by atoms with Crippen molar-refractivity contribution in [2.45, 2.75) is 0 Å². The maximum absolute atomic E-state index is 10.6. The first-order valence-electron chi connectivity index (χ1n) is 4.22. The number of carbonyl (C=O) groups is 1. The molecule has 0 fully saturated rings. The number of aromatic nitrogens is 3. The van der Waals surface area contributed by atoms with Crippen molar-refractivity contribution in [1.29, 1.82) is 0 Å². The van der Waals surface area contributed by atoms with E-state index in [1.165, 1.54) is 18.3 Å². The van der Waals surface area contributed by atoms with Crippen molar-refractivity contribution in [1.82, 2.24) is 15.0 Å². The van der Waals surface area contributed by atoms with Gasteiger partial charge in [0.05, 0.1) is 6.20 Å². The number of phenols is 1. The van der Waals surface area contributed by atoms with Gasteiger partial charge in [-0.1, -0.05) is 16.8 Å². The average Bonchev–Trinajstić information content (AvgIpc) is 2.66. The Morgan fingerprint density at radius 1 is 1.44 bits per heavy atom. The van der Waals surface area contributed by atoms with Gasteiger partial charge >= 0.3 is 5.97 Å². The lowest BCUT2D eigenvalue weighted by Gasteiger charge is -2.02. The van der Waals surface area contributed by atoms with Crippen LogP contribution >= 0.6 is 11.6 Å². The summed E-state index contributed by atoms with van der Waals surface area (Å²) in [7, 11) is 0. The fourth-order valence-electron chi connectivity index (χ4n) is 1.17. The molecular weight excluding hydrogens is 234 g/mol. The summed E-state index contributed by atoms with van der Waals surface area (Å²) in [6.07, 6.45) is 1.20. The highest BCUT2D eigenvalue weighted by Gasteiger charge is 2.11. The first kappa shape index (κ1) is 10.4. The summed E-state index contributed by atoms with van der Waals surface area (Å²) in [5, 5.41) is 25.6. The van der Waals surface area contributed by atoms with E-state index in [2.05, 4.69) is 10.3 Å². The Morgan fingerprint density at radius 3 is 2.75 bits per heavy atom. The van der Waals surface area contributed by atoms with Crippen LogP contribution in [-0.2, 0) is 0 Å². The van der Waals surface area contributed by atoms with Gasteiger partial charge in [0.25, 0.3) is 0 Å². The summed E-state index contributed by atoms with van der Waals surface area (Å²) in [6.45, 7) is 0. The van der Waals surface area contributed by atoms with Gasteiger partial charge in [0.15, 0.2) is 5.69 Å². The van der Waals surface area contributed by atoms with E-state index in [0.717, 1.165) is 4.68 Å². The van der Waals surface area contributed by atoms with Crippen LogP contribution in [-0.4, -0.2) is 31.2 Å². The second kappa shape index (κ2) is 3.82. The fourth-order valence-corrected chi connectivity index (χ4v) is 1.34. The van der Waals surface area contributed by atoms with Crippen LogP contribution in [0.1, 0.15) is 10.5 Å². The lowest BCUT2D eigenvalue weighted by molar-refractivity contribution is 0.0690. The van der Waals surface area contributed by atoms with E-state index < -0.39 is 5.97 Å². The zero-order valence-electron chi connectivity index (χ0n) is 7.83. The van der Waals surface area contributed by atoms with Crippen LogP contribution in [0.15, 0.2) is 24.4 Å². The summed E-state index contributed by atoms with van der Waals surface area (Å²) >= 11 is 5.66. The molecule has 1 aromatic heterocycles. The third kappa shape index (κ3) is 1.82. The predicted molar refractivity (Wildman–Crippen MR) is 55.0 cm³/mol. The second-order valence-corrected chi connectivity index (χ2v) is 3.42. The van der Waals surface area contributed by atoms with Crippen molar-refractivity contribution in [3.8, 4) is 11.4 Å². The number of carboxylic acid groups (broad SMARTS) is 1. The Morgan fingerprint density at radius 2 is 2.19 bits per heavy atom. The average molecular weight is 240 g/mol. The van der Waals surface area contributed by atoms with Crippen LogP contribution in [0.2, 0.25) is 5.02 Å². The van der Waals surface area contributed by atoms with Crippen molar-refractivity contribution >= 4 is 17.6 Å². The molecule has 0 atom stereocenters. The number of phenolic OH excluding ortho intramolecular Hbond substituents is 1. The molecule has 7 heteroatoms. The van der Waals surface area contributed by atoms with Gasteiger partial charge in [-0.3, -0.25) is 0 Å². The summed E-state index contributed by atoms with van der Waals surface area (Å²) in [6, 6.07) is 4.40. The first-order valence-corrected chi connectivity index (χ1v) is 4.60. The summed E-state index contributed by atoms with van der Waals surface area (Å²) in [4.78, 5) is 10.6. The molecule has 2 N–H and O–H groups in total. The molecule has 2 aromatic rings. The van der Waals surface area contributed by atoms with E-state index in [9.17, 15) is 9.90 Å². The van der Waals surface area contributed by atoms with Crippen molar-refractivity contribution < 1.29 is 15.0 Å². The van der Waals surface area contributed by atoms with Crippen LogP contribution in [0.3, 0.4) is 0 Å². The van der Waals surface area contributed by atoms with E-state index in [4.69, 9.17) is 16.7 Å². The minimum absolute atomic E-state index is 0.102. The third-order valence-corrected chi connectivity index (χ3v) is 2.13. The standard InChI is InChI=1S/C9H6ClN3O3/c10-5-1-2-7(8(14)3-5)13-4-6(9(15)16)11-12-13/h1-4,14H,(H,15,16). The largest absolute Gasteiger partial charge is 0.506 e. The van der Waals surface area contributed by atoms with E-state index in [-0.39, 0.29) is 11.4 Å². The summed E-state index contributed by atoms with van der Waals surface area (Å²) in [5.74, 6) is -1.28. The maximum Gasteiger partial charge on any atom is 0.358 e. The van der Waals surface area contributed by atoms with Gasteiger partial charge in [-0.2, -0.15) is 0 Å². The maximum atomic E-state index is 10.6. The Balaban J connectivity index is 2.46. The molecule has 0 bridgehead atoms. The van der Waals surface area contributed by atoms with Crippen molar-refractivity contribution in [3.63, 3.8) is 0 Å². The molecule has 0 spiro atoms.